The second-order valence-electron chi connectivity index (χ2n) is 9.59. The molecule has 0 fully saturated rings. The molecular weight excluding hydrogens is 404 g/mol. The second kappa shape index (κ2) is 11.2. The summed E-state index contributed by atoms with van der Waals surface area (Å²) >= 11 is 0. The molecule has 7 heteroatoms. The lowest BCUT2D eigenvalue weighted by Crippen LogP contribution is -2.39. The summed E-state index contributed by atoms with van der Waals surface area (Å²) in [6.45, 7) is 13.0. The van der Waals surface area contributed by atoms with Crippen LogP contribution in [-0.2, 0) is 15.0 Å². The van der Waals surface area contributed by atoms with E-state index >= 15 is 0 Å². The van der Waals surface area contributed by atoms with E-state index in [-0.39, 0.29) is 29.7 Å². The summed E-state index contributed by atoms with van der Waals surface area (Å²) in [5.41, 5.74) is 1.50. The molecule has 0 bridgehead atoms. The Morgan fingerprint density at radius 2 is 1.84 bits per heavy atom. The lowest BCUT2D eigenvalue weighted by Gasteiger charge is -2.23. The molecule has 2 rings (SSSR count). The number of benzene rings is 1. The highest BCUT2D eigenvalue weighted by Crippen LogP contribution is 2.27. The third-order valence-corrected chi connectivity index (χ3v) is 5.11. The number of anilines is 1. The molecule has 0 aliphatic carbocycles. The van der Waals surface area contributed by atoms with Gasteiger partial charge in [0.05, 0.1) is 25.0 Å². The third kappa shape index (κ3) is 7.11. The van der Waals surface area contributed by atoms with Crippen molar-refractivity contribution in [2.75, 3.05) is 25.5 Å². The minimum absolute atomic E-state index is 0.0163. The van der Waals surface area contributed by atoms with E-state index in [0.29, 0.717) is 18.8 Å². The predicted molar refractivity (Wildman–Crippen MR) is 128 cm³/mol. The minimum atomic E-state index is -0.228. The van der Waals surface area contributed by atoms with Gasteiger partial charge in [-0.3, -0.25) is 9.59 Å². The van der Waals surface area contributed by atoms with Crippen LogP contribution in [0, 0.1) is 5.92 Å². The average molecular weight is 443 g/mol. The monoisotopic (exact) mass is 442 g/mol. The van der Waals surface area contributed by atoms with Gasteiger partial charge in [-0.2, -0.15) is 5.10 Å². The smallest absolute Gasteiger partial charge is 0.245 e. The minimum Gasteiger partial charge on any atom is -0.497 e. The summed E-state index contributed by atoms with van der Waals surface area (Å²) in [7, 11) is 1.62. The van der Waals surface area contributed by atoms with Crippen LogP contribution in [0.2, 0.25) is 0 Å². The molecule has 1 aromatic carbocycles. The molecule has 2 aromatic rings. The highest BCUT2D eigenvalue weighted by molar-refractivity contribution is 5.94. The molecule has 0 radical (unpaired) electrons. The van der Waals surface area contributed by atoms with E-state index in [2.05, 4.69) is 33.0 Å². The van der Waals surface area contributed by atoms with Crippen molar-refractivity contribution >= 4 is 17.6 Å². The molecule has 32 heavy (non-hydrogen) atoms. The fraction of sp³-hybridized carbons (Fsp3) is 0.560. The molecule has 1 N–H and O–H groups in total. The Balaban J connectivity index is 2.27. The number of nitrogens with zero attached hydrogens (tertiary/aromatic N) is 3. The molecule has 0 atom stereocenters. The molecule has 7 nitrogen and oxygen atoms in total. The van der Waals surface area contributed by atoms with Crippen LogP contribution in [0.4, 0.5) is 5.82 Å². The normalized spacial score (nSPS) is 11.5. The Labute approximate surface area is 192 Å². The van der Waals surface area contributed by atoms with Crippen LogP contribution in [-0.4, -0.2) is 46.7 Å². The summed E-state index contributed by atoms with van der Waals surface area (Å²) in [4.78, 5) is 27.3. The van der Waals surface area contributed by atoms with Gasteiger partial charge in [-0.05, 0) is 36.6 Å². The maximum Gasteiger partial charge on any atom is 0.245 e. The van der Waals surface area contributed by atoms with Gasteiger partial charge in [-0.1, -0.05) is 48.0 Å². The lowest BCUT2D eigenvalue weighted by atomic mass is 9.92. The highest BCUT2D eigenvalue weighted by Gasteiger charge is 2.23. The molecule has 1 aromatic heterocycles. The second-order valence-corrected chi connectivity index (χ2v) is 9.59. The first-order valence-electron chi connectivity index (χ1n) is 11.4. The van der Waals surface area contributed by atoms with Crippen LogP contribution in [0.15, 0.2) is 30.3 Å². The van der Waals surface area contributed by atoms with Crippen molar-refractivity contribution in [3.05, 3.63) is 36.0 Å². The van der Waals surface area contributed by atoms with Gasteiger partial charge in [0.15, 0.2) is 0 Å². The SMILES string of the molecule is CCCCN(CC(=O)Nc1cc(C(C)(C)C)nn1-c1ccc(OC)cc1)C(=O)CC(C)C. The maximum absolute atomic E-state index is 13.0. The van der Waals surface area contributed by atoms with Crippen LogP contribution in [0.3, 0.4) is 0 Å². The zero-order valence-electron chi connectivity index (χ0n) is 20.6. The van der Waals surface area contributed by atoms with Crippen molar-refractivity contribution < 1.29 is 14.3 Å². The summed E-state index contributed by atoms with van der Waals surface area (Å²) < 4.78 is 6.97. The van der Waals surface area contributed by atoms with Gasteiger partial charge in [-0.15, -0.1) is 0 Å². The first-order chi connectivity index (χ1) is 15.0. The first kappa shape index (κ1) is 25.4. The van der Waals surface area contributed by atoms with Crippen molar-refractivity contribution in [2.24, 2.45) is 5.92 Å². The van der Waals surface area contributed by atoms with E-state index in [1.54, 1.807) is 16.7 Å². The summed E-state index contributed by atoms with van der Waals surface area (Å²) in [6.07, 6.45) is 2.27. The molecule has 0 saturated carbocycles. The van der Waals surface area contributed by atoms with Crippen LogP contribution in [0.1, 0.15) is 66.5 Å². The molecule has 0 unspecified atom stereocenters. The van der Waals surface area contributed by atoms with E-state index < -0.39 is 0 Å². The quantitative estimate of drug-likeness (QED) is 0.574. The molecule has 2 amide bonds. The average Bonchev–Trinajstić information content (AvgIpc) is 3.14. The molecular formula is C25H38N4O3. The highest BCUT2D eigenvalue weighted by atomic mass is 16.5. The largest absolute Gasteiger partial charge is 0.497 e. The number of methoxy groups -OCH3 is 1. The van der Waals surface area contributed by atoms with E-state index in [9.17, 15) is 9.59 Å². The van der Waals surface area contributed by atoms with Crippen LogP contribution < -0.4 is 10.1 Å². The van der Waals surface area contributed by atoms with Gasteiger partial charge in [0.25, 0.3) is 0 Å². The van der Waals surface area contributed by atoms with E-state index in [1.165, 1.54) is 0 Å². The Morgan fingerprint density at radius 3 is 2.38 bits per heavy atom. The molecule has 0 spiro atoms. The van der Waals surface area contributed by atoms with E-state index in [1.807, 2.05) is 44.2 Å². The molecule has 176 valence electrons. The van der Waals surface area contributed by atoms with Crippen molar-refractivity contribution in [3.63, 3.8) is 0 Å². The molecule has 0 saturated heterocycles. The molecule has 0 aliphatic rings. The number of amides is 2. The standard InChI is InChI=1S/C25H38N4O3/c1-8-9-14-28(24(31)15-18(2)3)17-23(30)26-22-16-21(25(4,5)6)27-29(22)19-10-12-20(32-7)13-11-19/h10-13,16,18H,8-9,14-15,17H2,1-7H3,(H,26,30). The summed E-state index contributed by atoms with van der Waals surface area (Å²) in [5, 5.41) is 7.73. The van der Waals surface area contributed by atoms with Crippen molar-refractivity contribution in [3.8, 4) is 11.4 Å². The Hall–Kier alpha value is -2.83. The van der Waals surface area contributed by atoms with E-state index in [4.69, 9.17) is 9.84 Å². The fourth-order valence-corrected chi connectivity index (χ4v) is 3.23. The number of carbonyl (C=O) groups is 2. The predicted octanol–water partition coefficient (Wildman–Crippen LogP) is 4.79. The van der Waals surface area contributed by atoms with Crippen molar-refractivity contribution in [1.82, 2.24) is 14.7 Å². The van der Waals surface area contributed by atoms with Crippen molar-refractivity contribution in [2.45, 2.75) is 66.2 Å². The van der Waals surface area contributed by atoms with Gasteiger partial charge < -0.3 is 15.0 Å². The van der Waals surface area contributed by atoms with Gasteiger partial charge in [0.1, 0.15) is 11.6 Å². The first-order valence-corrected chi connectivity index (χ1v) is 11.4. The number of ether oxygens (including phenoxy) is 1. The number of hydrogen-bond donors (Lipinski definition) is 1. The molecule has 0 aliphatic heterocycles. The lowest BCUT2D eigenvalue weighted by molar-refractivity contribution is -0.135. The van der Waals surface area contributed by atoms with E-state index in [0.717, 1.165) is 30.0 Å². The fourth-order valence-electron chi connectivity index (χ4n) is 3.23. The maximum atomic E-state index is 13.0. The van der Waals surface area contributed by atoms with Gasteiger partial charge >= 0.3 is 0 Å². The summed E-state index contributed by atoms with van der Waals surface area (Å²) in [6, 6.07) is 9.41. The van der Waals surface area contributed by atoms with Crippen LogP contribution in [0.5, 0.6) is 5.75 Å². The van der Waals surface area contributed by atoms with Gasteiger partial charge in [-0.25, -0.2) is 4.68 Å². The third-order valence-electron chi connectivity index (χ3n) is 5.11. The topological polar surface area (TPSA) is 76.5 Å². The zero-order chi connectivity index (χ0) is 23.9. The zero-order valence-corrected chi connectivity index (χ0v) is 20.6. The van der Waals surface area contributed by atoms with Crippen molar-refractivity contribution in [1.29, 1.82) is 0 Å². The number of rotatable bonds is 10. The molecule has 1 heterocycles. The van der Waals surface area contributed by atoms with Crippen LogP contribution in [0.25, 0.3) is 5.69 Å². The van der Waals surface area contributed by atoms with Gasteiger partial charge in [0.2, 0.25) is 11.8 Å². The number of nitrogens with one attached hydrogen (secondary N) is 1. The van der Waals surface area contributed by atoms with Gasteiger partial charge in [0, 0.05) is 24.4 Å². The Bertz CT molecular complexity index is 895. The number of carbonyl (C=O) groups excluding carboxylic acids is 2. The van der Waals surface area contributed by atoms with Crippen LogP contribution >= 0.6 is 0 Å². The Kier molecular flexibility index (Phi) is 8.87. The number of aromatic nitrogens is 2. The number of unbranched alkanes of at least 4 members (excludes halogenated alkanes) is 1. The summed E-state index contributed by atoms with van der Waals surface area (Å²) in [5.74, 6) is 1.37. The number of hydrogen-bond acceptors (Lipinski definition) is 4. The Morgan fingerprint density at radius 1 is 1.19 bits per heavy atom.